The summed E-state index contributed by atoms with van der Waals surface area (Å²) < 4.78 is 0. The Morgan fingerprint density at radius 2 is 2.00 bits per heavy atom. The summed E-state index contributed by atoms with van der Waals surface area (Å²) >= 11 is 0. The molecule has 0 saturated carbocycles. The zero-order valence-corrected chi connectivity index (χ0v) is 9.85. The van der Waals surface area contributed by atoms with Gasteiger partial charge in [0.1, 0.15) is 0 Å². The highest BCUT2D eigenvalue weighted by Crippen LogP contribution is 2.22. The van der Waals surface area contributed by atoms with Crippen molar-refractivity contribution in [2.45, 2.75) is 40.0 Å². The van der Waals surface area contributed by atoms with Gasteiger partial charge in [-0.3, -0.25) is 0 Å². The zero-order valence-electron chi connectivity index (χ0n) is 9.85. The number of unbranched alkanes of at least 4 members (excludes halogenated alkanes) is 1. The van der Waals surface area contributed by atoms with Crippen LogP contribution >= 0.6 is 0 Å². The first kappa shape index (κ1) is 10.3. The van der Waals surface area contributed by atoms with E-state index in [1.54, 1.807) is 0 Å². The molecule has 0 aliphatic rings. The summed E-state index contributed by atoms with van der Waals surface area (Å²) in [5, 5.41) is 1.39. The van der Waals surface area contributed by atoms with Crippen LogP contribution in [0.4, 0.5) is 0 Å². The molecular formula is C14H19N. The van der Waals surface area contributed by atoms with E-state index in [1.165, 1.54) is 47.0 Å². The lowest BCUT2D eigenvalue weighted by atomic mass is 10.0. The fourth-order valence-corrected chi connectivity index (χ4v) is 2.04. The highest BCUT2D eigenvalue weighted by molar-refractivity contribution is 5.84. The Balaban J connectivity index is 2.41. The number of aromatic amines is 1. The molecular weight excluding hydrogens is 182 g/mol. The summed E-state index contributed by atoms with van der Waals surface area (Å²) in [5.41, 5.74) is 5.41. The average Bonchev–Trinajstić information content (AvgIpc) is 2.52. The van der Waals surface area contributed by atoms with E-state index in [9.17, 15) is 0 Å². The van der Waals surface area contributed by atoms with Gasteiger partial charge in [-0.2, -0.15) is 0 Å². The van der Waals surface area contributed by atoms with Crippen molar-refractivity contribution in [2.24, 2.45) is 0 Å². The van der Waals surface area contributed by atoms with Crippen LogP contribution in [0, 0.1) is 13.8 Å². The lowest BCUT2D eigenvalue weighted by molar-refractivity contribution is 0.796. The van der Waals surface area contributed by atoms with Crippen LogP contribution in [-0.4, -0.2) is 4.98 Å². The van der Waals surface area contributed by atoms with Crippen molar-refractivity contribution < 1.29 is 0 Å². The van der Waals surface area contributed by atoms with Crippen LogP contribution in [0.5, 0.6) is 0 Å². The highest BCUT2D eigenvalue weighted by atomic mass is 14.7. The number of H-pyrrole nitrogens is 1. The molecule has 2 aromatic rings. The van der Waals surface area contributed by atoms with Crippen molar-refractivity contribution in [2.75, 3.05) is 0 Å². The maximum absolute atomic E-state index is 3.41. The predicted molar refractivity (Wildman–Crippen MR) is 66.4 cm³/mol. The summed E-state index contributed by atoms with van der Waals surface area (Å²) in [7, 11) is 0. The van der Waals surface area contributed by atoms with Crippen molar-refractivity contribution in [1.29, 1.82) is 0 Å². The van der Waals surface area contributed by atoms with Gasteiger partial charge in [-0.1, -0.05) is 19.4 Å². The molecule has 1 N–H and O–H groups in total. The van der Waals surface area contributed by atoms with E-state index in [0.29, 0.717) is 0 Å². The summed E-state index contributed by atoms with van der Waals surface area (Å²) in [6.07, 6.45) is 3.76. The summed E-state index contributed by atoms with van der Waals surface area (Å²) in [5.74, 6) is 0. The second-order valence-electron chi connectivity index (χ2n) is 4.36. The molecule has 0 atom stereocenters. The number of aromatic nitrogens is 1. The first-order chi connectivity index (χ1) is 7.22. The normalized spacial score (nSPS) is 11.1. The second kappa shape index (κ2) is 4.09. The van der Waals surface area contributed by atoms with Crippen LogP contribution in [-0.2, 0) is 6.42 Å². The highest BCUT2D eigenvalue weighted by Gasteiger charge is 2.04. The monoisotopic (exact) mass is 201 g/mol. The molecule has 0 aliphatic heterocycles. The van der Waals surface area contributed by atoms with Gasteiger partial charge in [0, 0.05) is 16.6 Å². The molecule has 1 aromatic heterocycles. The van der Waals surface area contributed by atoms with Crippen molar-refractivity contribution in [3.8, 4) is 0 Å². The van der Waals surface area contributed by atoms with E-state index in [2.05, 4.69) is 44.0 Å². The Labute approximate surface area is 91.5 Å². The molecule has 0 radical (unpaired) electrons. The van der Waals surface area contributed by atoms with Gasteiger partial charge in [0.2, 0.25) is 0 Å². The summed E-state index contributed by atoms with van der Waals surface area (Å²) in [6, 6.07) is 6.79. The quantitative estimate of drug-likeness (QED) is 0.768. The molecule has 0 fully saturated rings. The molecule has 1 nitrogen and oxygen atoms in total. The second-order valence-corrected chi connectivity index (χ2v) is 4.36. The van der Waals surface area contributed by atoms with Crippen molar-refractivity contribution >= 4 is 10.9 Å². The summed E-state index contributed by atoms with van der Waals surface area (Å²) in [6.45, 7) is 6.57. The Morgan fingerprint density at radius 3 is 2.73 bits per heavy atom. The van der Waals surface area contributed by atoms with Gasteiger partial charge in [-0.05, 0) is 49.9 Å². The molecule has 0 bridgehead atoms. The minimum Gasteiger partial charge on any atom is -0.358 e. The molecule has 2 rings (SSSR count). The van der Waals surface area contributed by atoms with Crippen LogP contribution in [0.3, 0.4) is 0 Å². The lowest BCUT2D eigenvalue weighted by Crippen LogP contribution is -1.84. The van der Waals surface area contributed by atoms with E-state index < -0.39 is 0 Å². The minimum atomic E-state index is 1.20. The van der Waals surface area contributed by atoms with Crippen LogP contribution in [0.1, 0.15) is 36.6 Å². The first-order valence-corrected chi connectivity index (χ1v) is 5.80. The van der Waals surface area contributed by atoms with Crippen LogP contribution in [0.25, 0.3) is 10.9 Å². The van der Waals surface area contributed by atoms with Gasteiger partial charge in [0.25, 0.3) is 0 Å². The molecule has 15 heavy (non-hydrogen) atoms. The molecule has 80 valence electrons. The fraction of sp³-hybridized carbons (Fsp3) is 0.429. The Hall–Kier alpha value is -1.24. The maximum Gasteiger partial charge on any atom is 0.0458 e. The molecule has 0 unspecified atom stereocenters. The predicted octanol–water partition coefficient (Wildman–Crippen LogP) is 4.13. The number of hydrogen-bond acceptors (Lipinski definition) is 0. The molecule has 0 aliphatic carbocycles. The van der Waals surface area contributed by atoms with Crippen molar-refractivity contribution in [3.63, 3.8) is 0 Å². The number of hydrogen-bond donors (Lipinski definition) is 1. The summed E-state index contributed by atoms with van der Waals surface area (Å²) in [4.78, 5) is 3.41. The Morgan fingerprint density at radius 1 is 1.20 bits per heavy atom. The molecule has 1 heterocycles. The van der Waals surface area contributed by atoms with Gasteiger partial charge in [0.15, 0.2) is 0 Å². The van der Waals surface area contributed by atoms with E-state index in [-0.39, 0.29) is 0 Å². The standard InChI is InChI=1S/C14H19N/c1-4-5-6-12-7-8-14-13(9-12)10(2)11(3)15-14/h7-9,15H,4-6H2,1-3H3. The molecule has 0 spiro atoms. The van der Waals surface area contributed by atoms with Gasteiger partial charge >= 0.3 is 0 Å². The first-order valence-electron chi connectivity index (χ1n) is 5.80. The van der Waals surface area contributed by atoms with Crippen molar-refractivity contribution in [1.82, 2.24) is 4.98 Å². The Kier molecular flexibility index (Phi) is 2.81. The van der Waals surface area contributed by atoms with Crippen molar-refractivity contribution in [3.05, 3.63) is 35.0 Å². The SMILES string of the molecule is CCCCc1ccc2[nH]c(C)c(C)c2c1. The van der Waals surface area contributed by atoms with Gasteiger partial charge in [-0.25, -0.2) is 0 Å². The van der Waals surface area contributed by atoms with E-state index in [0.717, 1.165) is 0 Å². The van der Waals surface area contributed by atoms with Gasteiger partial charge < -0.3 is 4.98 Å². The molecule has 0 amide bonds. The topological polar surface area (TPSA) is 15.8 Å². The van der Waals surface area contributed by atoms with Crippen LogP contribution in [0.15, 0.2) is 18.2 Å². The minimum absolute atomic E-state index is 1.20. The molecule has 1 heteroatoms. The number of benzene rings is 1. The maximum atomic E-state index is 3.41. The number of aryl methyl sites for hydroxylation is 3. The van der Waals surface area contributed by atoms with Gasteiger partial charge in [-0.15, -0.1) is 0 Å². The lowest BCUT2D eigenvalue weighted by Gasteiger charge is -2.00. The zero-order chi connectivity index (χ0) is 10.8. The number of nitrogens with one attached hydrogen (secondary N) is 1. The fourth-order valence-electron chi connectivity index (χ4n) is 2.04. The van der Waals surface area contributed by atoms with E-state index in [4.69, 9.17) is 0 Å². The third-order valence-corrected chi connectivity index (χ3v) is 3.19. The third kappa shape index (κ3) is 1.92. The largest absolute Gasteiger partial charge is 0.358 e. The average molecular weight is 201 g/mol. The third-order valence-electron chi connectivity index (χ3n) is 3.19. The Bertz CT molecular complexity index is 465. The van der Waals surface area contributed by atoms with E-state index >= 15 is 0 Å². The van der Waals surface area contributed by atoms with E-state index in [1.807, 2.05) is 0 Å². The van der Waals surface area contributed by atoms with Gasteiger partial charge in [0.05, 0.1) is 0 Å². The smallest absolute Gasteiger partial charge is 0.0458 e. The number of fused-ring (bicyclic) bond motifs is 1. The molecule has 1 aromatic carbocycles. The number of rotatable bonds is 3. The van der Waals surface area contributed by atoms with Crippen LogP contribution in [0.2, 0.25) is 0 Å². The van der Waals surface area contributed by atoms with Crippen LogP contribution < -0.4 is 0 Å². The molecule has 0 saturated heterocycles.